The smallest absolute Gasteiger partial charge is 0.258 e. The van der Waals surface area contributed by atoms with Gasteiger partial charge in [-0.25, -0.2) is 4.98 Å². The van der Waals surface area contributed by atoms with Gasteiger partial charge in [0.2, 0.25) is 0 Å². The zero-order chi connectivity index (χ0) is 14.2. The summed E-state index contributed by atoms with van der Waals surface area (Å²) in [7, 11) is 1.72. The largest absolute Gasteiger partial charge is 0.385 e. The molecule has 2 heterocycles. The predicted molar refractivity (Wildman–Crippen MR) is 78.9 cm³/mol. The van der Waals surface area contributed by atoms with E-state index in [1.165, 1.54) is 0 Å². The van der Waals surface area contributed by atoms with Gasteiger partial charge in [-0.05, 0) is 37.9 Å². The quantitative estimate of drug-likeness (QED) is 0.744. The number of rotatable bonds is 8. The number of aromatic nitrogens is 2. The van der Waals surface area contributed by atoms with Gasteiger partial charge in [0.25, 0.3) is 5.56 Å². The predicted octanol–water partition coefficient (Wildman–Crippen LogP) is 1.60. The van der Waals surface area contributed by atoms with Crippen molar-refractivity contribution in [1.82, 2.24) is 14.7 Å². The fourth-order valence-electron chi connectivity index (χ4n) is 2.08. The number of nitrogens with zero attached hydrogens (tertiary/aromatic N) is 2. The molecule has 2 aromatic rings. The lowest BCUT2D eigenvalue weighted by Crippen LogP contribution is -2.20. The van der Waals surface area contributed by atoms with E-state index in [-0.39, 0.29) is 5.56 Å². The van der Waals surface area contributed by atoms with Crippen LogP contribution in [0.5, 0.6) is 0 Å². The number of methoxy groups -OCH3 is 1. The van der Waals surface area contributed by atoms with Gasteiger partial charge in [-0.15, -0.1) is 0 Å². The Balaban J connectivity index is 1.83. The van der Waals surface area contributed by atoms with Crippen LogP contribution in [0.25, 0.3) is 5.65 Å². The van der Waals surface area contributed by atoms with Gasteiger partial charge < -0.3 is 10.1 Å². The molecule has 0 amide bonds. The van der Waals surface area contributed by atoms with Gasteiger partial charge in [-0.2, -0.15) is 0 Å². The van der Waals surface area contributed by atoms with Crippen LogP contribution in [0.1, 0.15) is 25.0 Å². The summed E-state index contributed by atoms with van der Waals surface area (Å²) in [6, 6.07) is 7.14. The third kappa shape index (κ3) is 4.15. The van der Waals surface area contributed by atoms with Crippen LogP contribution in [-0.2, 0) is 11.3 Å². The summed E-state index contributed by atoms with van der Waals surface area (Å²) >= 11 is 0. The number of fused-ring (bicyclic) bond motifs is 1. The van der Waals surface area contributed by atoms with Gasteiger partial charge in [0, 0.05) is 32.5 Å². The van der Waals surface area contributed by atoms with E-state index in [0.717, 1.165) is 38.1 Å². The number of hydrogen-bond donors (Lipinski definition) is 1. The highest BCUT2D eigenvalue weighted by Gasteiger charge is 2.01. The van der Waals surface area contributed by atoms with Crippen molar-refractivity contribution in [2.45, 2.75) is 25.8 Å². The highest BCUT2D eigenvalue weighted by Crippen LogP contribution is 1.99. The van der Waals surface area contributed by atoms with Crippen molar-refractivity contribution in [1.29, 1.82) is 0 Å². The van der Waals surface area contributed by atoms with Crippen LogP contribution in [0.4, 0.5) is 0 Å². The van der Waals surface area contributed by atoms with E-state index in [1.807, 2.05) is 18.2 Å². The molecule has 0 saturated heterocycles. The second-order valence-corrected chi connectivity index (χ2v) is 4.74. The van der Waals surface area contributed by atoms with Gasteiger partial charge in [0.15, 0.2) is 0 Å². The minimum absolute atomic E-state index is 0.0347. The summed E-state index contributed by atoms with van der Waals surface area (Å²) in [6.45, 7) is 2.38. The van der Waals surface area contributed by atoms with Crippen molar-refractivity contribution in [3.8, 4) is 0 Å². The summed E-state index contributed by atoms with van der Waals surface area (Å²) in [4.78, 5) is 16.4. The minimum Gasteiger partial charge on any atom is -0.385 e. The molecular formula is C15H21N3O2. The van der Waals surface area contributed by atoms with Crippen LogP contribution < -0.4 is 10.9 Å². The average Bonchev–Trinajstić information content (AvgIpc) is 2.46. The standard InChI is InChI=1S/C15H21N3O2/c1-20-10-6-2-4-8-16-12-13-11-15(19)18-9-5-3-7-14(18)17-13/h3,5,7,9,11,16H,2,4,6,8,10,12H2,1H3. The zero-order valence-corrected chi connectivity index (χ0v) is 11.8. The number of nitrogens with one attached hydrogen (secondary N) is 1. The first-order valence-electron chi connectivity index (χ1n) is 6.98. The van der Waals surface area contributed by atoms with Crippen LogP contribution in [0, 0.1) is 0 Å². The van der Waals surface area contributed by atoms with E-state index in [0.29, 0.717) is 12.2 Å². The van der Waals surface area contributed by atoms with Gasteiger partial charge >= 0.3 is 0 Å². The van der Waals surface area contributed by atoms with E-state index < -0.39 is 0 Å². The molecule has 0 aliphatic rings. The van der Waals surface area contributed by atoms with Crippen molar-refractivity contribution in [3.05, 3.63) is 46.5 Å². The first kappa shape index (κ1) is 14.7. The number of ether oxygens (including phenoxy) is 1. The lowest BCUT2D eigenvalue weighted by atomic mass is 10.2. The first-order valence-corrected chi connectivity index (χ1v) is 6.98. The van der Waals surface area contributed by atoms with Gasteiger partial charge in [-0.3, -0.25) is 9.20 Å². The molecule has 0 unspecified atom stereocenters. The molecule has 0 spiro atoms. The van der Waals surface area contributed by atoms with E-state index in [2.05, 4.69) is 10.3 Å². The summed E-state index contributed by atoms with van der Waals surface area (Å²) in [6.07, 6.45) is 5.08. The molecule has 108 valence electrons. The Kier molecular flexibility index (Phi) is 5.70. The molecular weight excluding hydrogens is 254 g/mol. The zero-order valence-electron chi connectivity index (χ0n) is 11.8. The molecule has 0 aliphatic heterocycles. The Bertz CT molecular complexity index is 595. The molecule has 5 nitrogen and oxygen atoms in total. The van der Waals surface area contributed by atoms with Crippen molar-refractivity contribution in [2.24, 2.45) is 0 Å². The topological polar surface area (TPSA) is 55.6 Å². The Labute approximate surface area is 118 Å². The van der Waals surface area contributed by atoms with Crippen LogP contribution in [-0.4, -0.2) is 29.6 Å². The van der Waals surface area contributed by atoms with Gasteiger partial charge in [-0.1, -0.05) is 6.07 Å². The third-order valence-electron chi connectivity index (χ3n) is 3.13. The Morgan fingerprint density at radius 2 is 2.20 bits per heavy atom. The van der Waals surface area contributed by atoms with Crippen LogP contribution in [0.15, 0.2) is 35.3 Å². The average molecular weight is 275 g/mol. The molecule has 0 fully saturated rings. The molecule has 1 N–H and O–H groups in total. The molecule has 20 heavy (non-hydrogen) atoms. The number of hydrogen-bond acceptors (Lipinski definition) is 4. The summed E-state index contributed by atoms with van der Waals surface area (Å²) in [5, 5.41) is 3.32. The molecule has 0 saturated carbocycles. The summed E-state index contributed by atoms with van der Waals surface area (Å²) in [5.74, 6) is 0. The van der Waals surface area contributed by atoms with E-state index in [9.17, 15) is 4.79 Å². The highest BCUT2D eigenvalue weighted by atomic mass is 16.5. The molecule has 2 rings (SSSR count). The fraction of sp³-hybridized carbons (Fsp3) is 0.467. The Morgan fingerprint density at radius 3 is 3.05 bits per heavy atom. The minimum atomic E-state index is -0.0347. The maximum absolute atomic E-state index is 11.9. The van der Waals surface area contributed by atoms with Gasteiger partial charge in [0.1, 0.15) is 5.65 Å². The molecule has 0 aliphatic carbocycles. The molecule has 0 aromatic carbocycles. The van der Waals surface area contributed by atoms with Crippen LogP contribution >= 0.6 is 0 Å². The second kappa shape index (κ2) is 7.77. The lowest BCUT2D eigenvalue weighted by Gasteiger charge is -2.06. The Morgan fingerprint density at radius 1 is 1.30 bits per heavy atom. The highest BCUT2D eigenvalue weighted by molar-refractivity contribution is 5.37. The normalized spacial score (nSPS) is 11.1. The molecule has 5 heteroatoms. The SMILES string of the molecule is COCCCCCNCc1cc(=O)n2ccccc2n1. The van der Waals surface area contributed by atoms with Crippen molar-refractivity contribution < 1.29 is 4.74 Å². The maximum atomic E-state index is 11.9. The monoisotopic (exact) mass is 275 g/mol. The van der Waals surface area contributed by atoms with Crippen molar-refractivity contribution >= 4 is 5.65 Å². The fourth-order valence-corrected chi connectivity index (χ4v) is 2.08. The van der Waals surface area contributed by atoms with Crippen molar-refractivity contribution in [2.75, 3.05) is 20.3 Å². The van der Waals surface area contributed by atoms with Crippen LogP contribution in [0.3, 0.4) is 0 Å². The Hall–Kier alpha value is -1.72. The summed E-state index contributed by atoms with van der Waals surface area (Å²) < 4.78 is 6.55. The number of pyridine rings is 1. The summed E-state index contributed by atoms with van der Waals surface area (Å²) in [5.41, 5.74) is 1.45. The first-order chi connectivity index (χ1) is 9.81. The van der Waals surface area contributed by atoms with Gasteiger partial charge in [0.05, 0.1) is 5.69 Å². The van der Waals surface area contributed by atoms with Crippen LogP contribution in [0.2, 0.25) is 0 Å². The lowest BCUT2D eigenvalue weighted by molar-refractivity contribution is 0.192. The van der Waals surface area contributed by atoms with Crippen molar-refractivity contribution in [3.63, 3.8) is 0 Å². The molecule has 0 atom stereocenters. The van der Waals surface area contributed by atoms with E-state index in [1.54, 1.807) is 23.8 Å². The van der Waals surface area contributed by atoms with E-state index in [4.69, 9.17) is 4.74 Å². The number of unbranched alkanes of at least 4 members (excludes halogenated alkanes) is 2. The molecule has 0 radical (unpaired) electrons. The third-order valence-corrected chi connectivity index (χ3v) is 3.13. The molecule has 2 aromatic heterocycles. The second-order valence-electron chi connectivity index (χ2n) is 4.74. The maximum Gasteiger partial charge on any atom is 0.258 e. The molecule has 0 bridgehead atoms. The van der Waals surface area contributed by atoms with E-state index >= 15 is 0 Å².